The van der Waals surface area contributed by atoms with Crippen molar-refractivity contribution in [3.63, 3.8) is 0 Å². The lowest BCUT2D eigenvalue weighted by Crippen LogP contribution is -2.57. The van der Waals surface area contributed by atoms with Gasteiger partial charge in [-0.3, -0.25) is 14.4 Å². The quantitative estimate of drug-likeness (QED) is 0.631. The van der Waals surface area contributed by atoms with E-state index in [9.17, 15) is 14.4 Å². The zero-order valence-corrected chi connectivity index (χ0v) is 16.5. The number of carbonyl (C=O) groups excluding carboxylic acids is 2. The van der Waals surface area contributed by atoms with Crippen molar-refractivity contribution in [1.82, 2.24) is 14.9 Å². The second kappa shape index (κ2) is 8.99. The monoisotopic (exact) mass is 384 g/mol. The lowest BCUT2D eigenvalue weighted by Gasteiger charge is -2.44. The number of hydrazine groups is 1. The van der Waals surface area contributed by atoms with Crippen molar-refractivity contribution < 1.29 is 24.2 Å². The van der Waals surface area contributed by atoms with Crippen molar-refractivity contribution in [1.29, 1.82) is 0 Å². The summed E-state index contributed by atoms with van der Waals surface area (Å²) in [5, 5.41) is 13.3. The minimum atomic E-state index is -1.16. The molecular formula is C18H32N4O5. The summed E-state index contributed by atoms with van der Waals surface area (Å²) >= 11 is 0. The van der Waals surface area contributed by atoms with Crippen molar-refractivity contribution in [2.75, 3.05) is 39.3 Å². The van der Waals surface area contributed by atoms with E-state index in [0.29, 0.717) is 26.2 Å². The smallest absolute Gasteiger partial charge is 0.321 e. The highest BCUT2D eigenvalue weighted by Crippen LogP contribution is 2.23. The summed E-state index contributed by atoms with van der Waals surface area (Å²) in [4.78, 5) is 36.8. The molecule has 9 nitrogen and oxygen atoms in total. The number of rotatable bonds is 5. The number of hydrogen-bond acceptors (Lipinski definition) is 7. The van der Waals surface area contributed by atoms with Gasteiger partial charge in [-0.15, -0.1) is 0 Å². The Labute approximate surface area is 160 Å². The van der Waals surface area contributed by atoms with Crippen LogP contribution < -0.4 is 5.73 Å². The molecule has 2 fully saturated rings. The van der Waals surface area contributed by atoms with E-state index in [4.69, 9.17) is 15.6 Å². The average Bonchev–Trinajstić information content (AvgIpc) is 2.60. The SMILES string of the molecule is CC(C)(C)OC(=O)C1CCN(N2CCN(C(=O)CC(N)C(=O)O)CC2)CC1. The van der Waals surface area contributed by atoms with E-state index in [1.807, 2.05) is 20.8 Å². The van der Waals surface area contributed by atoms with E-state index in [1.54, 1.807) is 4.90 Å². The number of carbonyl (C=O) groups is 3. The molecule has 0 aromatic carbocycles. The Hall–Kier alpha value is -1.71. The molecule has 0 radical (unpaired) electrons. The molecule has 2 heterocycles. The Balaban J connectivity index is 1.74. The van der Waals surface area contributed by atoms with Gasteiger partial charge in [-0.05, 0) is 33.6 Å². The minimum Gasteiger partial charge on any atom is -0.480 e. The fourth-order valence-electron chi connectivity index (χ4n) is 3.40. The Morgan fingerprint density at radius 1 is 1.04 bits per heavy atom. The van der Waals surface area contributed by atoms with Gasteiger partial charge in [-0.2, -0.15) is 0 Å². The molecule has 2 aliphatic rings. The highest BCUT2D eigenvalue weighted by atomic mass is 16.6. The molecule has 1 unspecified atom stereocenters. The number of esters is 1. The predicted octanol–water partition coefficient (Wildman–Crippen LogP) is -0.0987. The lowest BCUT2D eigenvalue weighted by molar-refractivity contribution is -0.164. The zero-order valence-electron chi connectivity index (χ0n) is 16.5. The van der Waals surface area contributed by atoms with Gasteiger partial charge >= 0.3 is 11.9 Å². The summed E-state index contributed by atoms with van der Waals surface area (Å²) in [7, 11) is 0. The van der Waals surface area contributed by atoms with Crippen LogP contribution in [-0.4, -0.2) is 88.8 Å². The Morgan fingerprint density at radius 2 is 1.56 bits per heavy atom. The molecule has 0 aliphatic carbocycles. The van der Waals surface area contributed by atoms with E-state index < -0.39 is 17.6 Å². The third-order valence-electron chi connectivity index (χ3n) is 4.93. The van der Waals surface area contributed by atoms with Gasteiger partial charge in [-0.25, -0.2) is 10.0 Å². The summed E-state index contributed by atoms with van der Waals surface area (Å²) in [5.41, 5.74) is 4.98. The van der Waals surface area contributed by atoms with Crippen LogP contribution in [0.3, 0.4) is 0 Å². The fraction of sp³-hybridized carbons (Fsp3) is 0.833. The van der Waals surface area contributed by atoms with Crippen LogP contribution in [0, 0.1) is 5.92 Å². The van der Waals surface area contributed by atoms with Crippen LogP contribution in [0.15, 0.2) is 0 Å². The van der Waals surface area contributed by atoms with E-state index in [0.717, 1.165) is 25.9 Å². The highest BCUT2D eigenvalue weighted by Gasteiger charge is 2.32. The number of aliphatic carboxylic acids is 1. The first kappa shape index (κ1) is 21.6. The fourth-order valence-corrected chi connectivity index (χ4v) is 3.40. The molecular weight excluding hydrogens is 352 g/mol. The Kier molecular flexibility index (Phi) is 7.19. The molecule has 154 valence electrons. The Bertz CT molecular complexity index is 546. The van der Waals surface area contributed by atoms with E-state index >= 15 is 0 Å². The van der Waals surface area contributed by atoms with Gasteiger partial charge < -0.3 is 20.5 Å². The number of nitrogens with zero attached hydrogens (tertiary/aromatic N) is 3. The van der Waals surface area contributed by atoms with Gasteiger partial charge in [-0.1, -0.05) is 0 Å². The third kappa shape index (κ3) is 6.44. The van der Waals surface area contributed by atoms with E-state index in [2.05, 4.69) is 10.0 Å². The van der Waals surface area contributed by atoms with Gasteiger partial charge in [0.05, 0.1) is 12.3 Å². The number of amides is 1. The number of hydrogen-bond donors (Lipinski definition) is 2. The van der Waals surface area contributed by atoms with Gasteiger partial charge in [0.1, 0.15) is 11.6 Å². The number of piperidine rings is 1. The zero-order chi connectivity index (χ0) is 20.2. The number of carboxylic acid groups (broad SMARTS) is 1. The van der Waals surface area contributed by atoms with Crippen LogP contribution in [0.5, 0.6) is 0 Å². The minimum absolute atomic E-state index is 0.0548. The number of carboxylic acids is 1. The van der Waals surface area contributed by atoms with Crippen LogP contribution >= 0.6 is 0 Å². The molecule has 2 rings (SSSR count). The van der Waals surface area contributed by atoms with Crippen molar-refractivity contribution in [3.05, 3.63) is 0 Å². The van der Waals surface area contributed by atoms with Gasteiger partial charge in [0.2, 0.25) is 5.91 Å². The third-order valence-corrected chi connectivity index (χ3v) is 4.93. The van der Waals surface area contributed by atoms with Crippen molar-refractivity contribution in [3.8, 4) is 0 Å². The number of ether oxygens (including phenoxy) is 1. The molecule has 0 saturated carbocycles. The van der Waals surface area contributed by atoms with Crippen molar-refractivity contribution in [2.24, 2.45) is 11.7 Å². The standard InChI is InChI=1S/C18H32N4O5/c1-18(2,3)27-17(26)13-4-6-21(7-5-13)22-10-8-20(9-11-22)15(23)12-14(19)16(24)25/h13-14H,4-12,19H2,1-3H3,(H,24,25). The average molecular weight is 384 g/mol. The van der Waals surface area contributed by atoms with Crippen LogP contribution in [0.2, 0.25) is 0 Å². The molecule has 0 bridgehead atoms. The Morgan fingerprint density at radius 3 is 2.04 bits per heavy atom. The molecule has 1 amide bonds. The molecule has 27 heavy (non-hydrogen) atoms. The molecule has 9 heteroatoms. The summed E-state index contributed by atoms with van der Waals surface area (Å²) in [6.45, 7) is 9.73. The van der Waals surface area contributed by atoms with E-state index in [1.165, 1.54) is 0 Å². The first-order valence-corrected chi connectivity index (χ1v) is 9.55. The molecule has 0 aromatic heterocycles. The summed E-state index contributed by atoms with van der Waals surface area (Å²) in [5.74, 6) is -1.55. The van der Waals surface area contributed by atoms with Gasteiger partial charge in [0.25, 0.3) is 0 Å². The lowest BCUT2D eigenvalue weighted by atomic mass is 9.97. The maximum absolute atomic E-state index is 12.2. The molecule has 2 aliphatic heterocycles. The van der Waals surface area contributed by atoms with Crippen LogP contribution in [0.25, 0.3) is 0 Å². The summed E-state index contributed by atoms with van der Waals surface area (Å²) < 4.78 is 5.48. The first-order valence-electron chi connectivity index (χ1n) is 9.55. The highest BCUT2D eigenvalue weighted by molar-refractivity contribution is 5.84. The summed E-state index contributed by atoms with van der Waals surface area (Å²) in [6.07, 6.45) is 1.36. The van der Waals surface area contributed by atoms with Crippen molar-refractivity contribution >= 4 is 17.8 Å². The second-order valence-corrected chi connectivity index (χ2v) is 8.24. The maximum Gasteiger partial charge on any atom is 0.321 e. The number of nitrogens with two attached hydrogens (primary N) is 1. The maximum atomic E-state index is 12.2. The van der Waals surface area contributed by atoms with Gasteiger partial charge in [0.15, 0.2) is 0 Å². The first-order chi connectivity index (χ1) is 12.6. The molecule has 0 aromatic rings. The summed E-state index contributed by atoms with van der Waals surface area (Å²) in [6, 6.07) is -1.15. The molecule has 3 N–H and O–H groups in total. The normalized spacial score (nSPS) is 21.7. The van der Waals surface area contributed by atoms with Crippen molar-refractivity contribution in [2.45, 2.75) is 51.7 Å². The second-order valence-electron chi connectivity index (χ2n) is 8.24. The number of piperazine rings is 1. The molecule has 2 saturated heterocycles. The largest absolute Gasteiger partial charge is 0.480 e. The topological polar surface area (TPSA) is 116 Å². The predicted molar refractivity (Wildman–Crippen MR) is 98.5 cm³/mol. The molecule has 0 spiro atoms. The van der Waals surface area contributed by atoms with Gasteiger partial charge in [0, 0.05) is 39.3 Å². The van der Waals surface area contributed by atoms with Crippen LogP contribution in [0.1, 0.15) is 40.0 Å². The van der Waals surface area contributed by atoms with Crippen LogP contribution in [0.4, 0.5) is 0 Å². The molecule has 1 atom stereocenters. The van der Waals surface area contributed by atoms with E-state index in [-0.39, 0.29) is 24.2 Å². The van der Waals surface area contributed by atoms with Crippen LogP contribution in [-0.2, 0) is 19.1 Å².